The highest BCUT2D eigenvalue weighted by atomic mass is 35.5. The number of hydrogen-bond donors (Lipinski definition) is 0. The van der Waals surface area contributed by atoms with Gasteiger partial charge in [-0.05, 0) is 30.3 Å². The van der Waals surface area contributed by atoms with Crippen molar-refractivity contribution in [3.05, 3.63) is 63.8 Å². The summed E-state index contributed by atoms with van der Waals surface area (Å²) in [5.41, 5.74) is 0.271. The number of ether oxygens (including phenoxy) is 1. The topological polar surface area (TPSA) is 29.5 Å². The summed E-state index contributed by atoms with van der Waals surface area (Å²) in [5.74, 6) is -0.349. The first-order chi connectivity index (χ1) is 11.0. The predicted octanol–water partition coefficient (Wildman–Crippen LogP) is 4.83. The van der Waals surface area contributed by atoms with E-state index in [2.05, 4.69) is 11.3 Å². The Morgan fingerprint density at radius 3 is 2.78 bits per heavy atom. The van der Waals surface area contributed by atoms with E-state index in [0.717, 1.165) is 4.88 Å². The zero-order valence-corrected chi connectivity index (χ0v) is 13.6. The lowest BCUT2D eigenvalue weighted by Gasteiger charge is -2.20. The van der Waals surface area contributed by atoms with Crippen LogP contribution in [0, 0.1) is 0 Å². The van der Waals surface area contributed by atoms with Crippen LogP contribution in [-0.2, 0) is 6.54 Å². The van der Waals surface area contributed by atoms with Crippen LogP contribution in [0.2, 0.25) is 4.34 Å². The van der Waals surface area contributed by atoms with E-state index in [-0.39, 0.29) is 17.2 Å². The van der Waals surface area contributed by atoms with Crippen LogP contribution in [0.15, 0.2) is 49.1 Å². The van der Waals surface area contributed by atoms with Gasteiger partial charge in [0.1, 0.15) is 5.75 Å². The summed E-state index contributed by atoms with van der Waals surface area (Å²) in [7, 11) is 0. The Balaban J connectivity index is 2.18. The molecule has 122 valence electrons. The maximum atomic E-state index is 12.6. The van der Waals surface area contributed by atoms with Gasteiger partial charge >= 0.3 is 6.61 Å². The van der Waals surface area contributed by atoms with Crippen LogP contribution in [0.1, 0.15) is 15.2 Å². The highest BCUT2D eigenvalue weighted by Crippen LogP contribution is 2.24. The van der Waals surface area contributed by atoms with Crippen LogP contribution in [-0.4, -0.2) is 24.0 Å². The monoisotopic (exact) mass is 357 g/mol. The maximum absolute atomic E-state index is 12.6. The van der Waals surface area contributed by atoms with Crippen LogP contribution in [0.5, 0.6) is 5.75 Å². The molecule has 1 amide bonds. The van der Waals surface area contributed by atoms with E-state index < -0.39 is 6.61 Å². The highest BCUT2D eigenvalue weighted by Gasteiger charge is 2.17. The smallest absolute Gasteiger partial charge is 0.387 e. The number of carbonyl (C=O) groups is 1. The molecule has 7 heteroatoms. The number of benzene rings is 1. The second kappa shape index (κ2) is 8.08. The molecule has 1 aromatic carbocycles. The first kappa shape index (κ1) is 17.4. The Bertz CT molecular complexity index is 690. The largest absolute Gasteiger partial charge is 0.435 e. The summed E-state index contributed by atoms with van der Waals surface area (Å²) in [4.78, 5) is 15.1. The van der Waals surface area contributed by atoms with E-state index in [1.165, 1.54) is 29.5 Å². The number of amides is 1. The van der Waals surface area contributed by atoms with Crippen molar-refractivity contribution in [1.82, 2.24) is 4.90 Å². The predicted molar refractivity (Wildman–Crippen MR) is 87.3 cm³/mol. The number of carbonyl (C=O) groups excluding carboxylic acids is 1. The molecule has 23 heavy (non-hydrogen) atoms. The molecule has 0 radical (unpaired) electrons. The lowest BCUT2D eigenvalue weighted by Crippen LogP contribution is -2.30. The van der Waals surface area contributed by atoms with Crippen LogP contribution < -0.4 is 4.74 Å². The Kier molecular flexibility index (Phi) is 6.12. The third-order valence-electron chi connectivity index (χ3n) is 2.92. The van der Waals surface area contributed by atoms with Crippen molar-refractivity contribution in [3.63, 3.8) is 0 Å². The summed E-state index contributed by atoms with van der Waals surface area (Å²) in [6.07, 6.45) is 1.60. The average molecular weight is 358 g/mol. The molecule has 0 atom stereocenters. The van der Waals surface area contributed by atoms with Crippen molar-refractivity contribution >= 4 is 28.8 Å². The Morgan fingerprint density at radius 1 is 1.39 bits per heavy atom. The Labute approximate surface area is 141 Å². The van der Waals surface area contributed by atoms with Crippen molar-refractivity contribution in [1.29, 1.82) is 0 Å². The molecule has 0 fully saturated rings. The quantitative estimate of drug-likeness (QED) is 0.664. The third-order valence-corrected chi connectivity index (χ3v) is 4.13. The number of alkyl halides is 2. The molecule has 0 N–H and O–H groups in total. The molecule has 2 aromatic rings. The van der Waals surface area contributed by atoms with Gasteiger partial charge in [0.2, 0.25) is 0 Å². The number of halogens is 3. The van der Waals surface area contributed by atoms with Crippen molar-refractivity contribution < 1.29 is 18.3 Å². The molecule has 2 rings (SSSR count). The molecule has 0 aliphatic heterocycles. The highest BCUT2D eigenvalue weighted by molar-refractivity contribution is 7.16. The standard InChI is InChI=1S/C16H14ClF2NO2S/c1-2-8-20(10-13-6-7-14(17)23-13)15(21)11-4-3-5-12(9-11)22-16(18)19/h2-7,9,16H,1,8,10H2. The van der Waals surface area contributed by atoms with Crippen LogP contribution in [0.4, 0.5) is 8.78 Å². The molecule has 0 saturated heterocycles. The Hall–Kier alpha value is -1.92. The number of rotatable bonds is 7. The van der Waals surface area contributed by atoms with E-state index in [4.69, 9.17) is 11.6 Å². The van der Waals surface area contributed by atoms with Gasteiger partial charge < -0.3 is 9.64 Å². The summed E-state index contributed by atoms with van der Waals surface area (Å²) in [5, 5.41) is 0. The van der Waals surface area contributed by atoms with Crippen molar-refractivity contribution in [2.45, 2.75) is 13.2 Å². The van der Waals surface area contributed by atoms with E-state index in [0.29, 0.717) is 17.4 Å². The minimum absolute atomic E-state index is 0.0522. The maximum Gasteiger partial charge on any atom is 0.387 e. The third kappa shape index (κ3) is 5.04. The summed E-state index contributed by atoms with van der Waals surface area (Å²) in [6.45, 7) is 1.40. The van der Waals surface area contributed by atoms with Gasteiger partial charge in [-0.1, -0.05) is 23.7 Å². The van der Waals surface area contributed by atoms with Crippen LogP contribution in [0.3, 0.4) is 0 Å². The zero-order valence-electron chi connectivity index (χ0n) is 12.0. The summed E-state index contributed by atoms with van der Waals surface area (Å²) in [6, 6.07) is 9.32. The molecular formula is C16H14ClF2NO2S. The molecule has 0 saturated carbocycles. The minimum Gasteiger partial charge on any atom is -0.435 e. The van der Waals surface area contributed by atoms with Gasteiger partial charge in [0.15, 0.2) is 0 Å². The van der Waals surface area contributed by atoms with Crippen LogP contribution >= 0.6 is 22.9 Å². The van der Waals surface area contributed by atoms with Crippen molar-refractivity contribution in [2.75, 3.05) is 6.54 Å². The lowest BCUT2D eigenvalue weighted by molar-refractivity contribution is -0.0499. The fourth-order valence-electron chi connectivity index (χ4n) is 1.99. The first-order valence-corrected chi connectivity index (χ1v) is 7.88. The first-order valence-electron chi connectivity index (χ1n) is 6.69. The van der Waals surface area contributed by atoms with E-state index in [9.17, 15) is 13.6 Å². The van der Waals surface area contributed by atoms with Gasteiger partial charge in [0.25, 0.3) is 5.91 Å². The number of hydrogen-bond acceptors (Lipinski definition) is 3. The van der Waals surface area contributed by atoms with E-state index in [1.54, 1.807) is 23.1 Å². The van der Waals surface area contributed by atoms with Gasteiger partial charge in [-0.2, -0.15) is 8.78 Å². The summed E-state index contributed by atoms with van der Waals surface area (Å²) < 4.78 is 29.5. The van der Waals surface area contributed by atoms with E-state index >= 15 is 0 Å². The molecule has 0 aliphatic carbocycles. The molecule has 3 nitrogen and oxygen atoms in total. The molecule has 0 unspecified atom stereocenters. The second-order valence-electron chi connectivity index (χ2n) is 4.59. The molecule has 0 spiro atoms. The molecular weight excluding hydrogens is 344 g/mol. The fourth-order valence-corrected chi connectivity index (χ4v) is 3.09. The molecule has 1 aromatic heterocycles. The second-order valence-corrected chi connectivity index (χ2v) is 6.39. The lowest BCUT2D eigenvalue weighted by atomic mass is 10.2. The normalized spacial score (nSPS) is 10.6. The van der Waals surface area contributed by atoms with Crippen molar-refractivity contribution in [2.24, 2.45) is 0 Å². The van der Waals surface area contributed by atoms with Gasteiger partial charge in [-0.3, -0.25) is 4.79 Å². The number of thiophene rings is 1. The van der Waals surface area contributed by atoms with Gasteiger partial charge in [0.05, 0.1) is 10.9 Å². The molecule has 0 bridgehead atoms. The van der Waals surface area contributed by atoms with Gasteiger partial charge in [-0.25, -0.2) is 0 Å². The Morgan fingerprint density at radius 2 is 2.17 bits per heavy atom. The SMILES string of the molecule is C=CCN(Cc1ccc(Cl)s1)C(=O)c1cccc(OC(F)F)c1. The van der Waals surface area contributed by atoms with Crippen LogP contribution in [0.25, 0.3) is 0 Å². The molecule has 1 heterocycles. The number of nitrogens with zero attached hydrogens (tertiary/aromatic N) is 1. The minimum atomic E-state index is -2.93. The van der Waals surface area contributed by atoms with Gasteiger partial charge in [-0.15, -0.1) is 17.9 Å². The molecule has 0 aliphatic rings. The van der Waals surface area contributed by atoms with Gasteiger partial charge in [0, 0.05) is 17.0 Å². The average Bonchev–Trinajstić information content (AvgIpc) is 2.91. The zero-order chi connectivity index (χ0) is 16.8. The fraction of sp³-hybridized carbons (Fsp3) is 0.188. The summed E-state index contributed by atoms with van der Waals surface area (Å²) >= 11 is 7.27. The van der Waals surface area contributed by atoms with Crippen molar-refractivity contribution in [3.8, 4) is 5.75 Å². The van der Waals surface area contributed by atoms with E-state index in [1.807, 2.05) is 6.07 Å².